The van der Waals surface area contributed by atoms with Gasteiger partial charge in [0.15, 0.2) is 0 Å². The van der Waals surface area contributed by atoms with Crippen molar-refractivity contribution in [1.82, 2.24) is 5.32 Å². The summed E-state index contributed by atoms with van der Waals surface area (Å²) >= 11 is 6.11. The molecule has 1 heterocycles. The summed E-state index contributed by atoms with van der Waals surface area (Å²) in [4.78, 5) is 12.5. The lowest BCUT2D eigenvalue weighted by Gasteiger charge is -2.23. The minimum atomic E-state index is 0.0136. The van der Waals surface area contributed by atoms with Crippen LogP contribution in [0.2, 0.25) is 5.02 Å². The molecule has 1 aliphatic rings. The van der Waals surface area contributed by atoms with Crippen LogP contribution in [0.3, 0.4) is 0 Å². The zero-order valence-electron chi connectivity index (χ0n) is 13.5. The van der Waals surface area contributed by atoms with E-state index in [2.05, 4.69) is 28.1 Å². The van der Waals surface area contributed by atoms with E-state index in [1.54, 1.807) is 6.07 Å². The van der Waals surface area contributed by atoms with Gasteiger partial charge in [0.2, 0.25) is 5.91 Å². The molecule has 0 spiro atoms. The zero-order valence-corrected chi connectivity index (χ0v) is 14.3. The number of amides is 1. The number of nitrogens with one attached hydrogen (secondary N) is 3. The number of benzene rings is 2. The fourth-order valence-corrected chi connectivity index (χ4v) is 3.05. The maximum Gasteiger partial charge on any atom is 0.228 e. The fraction of sp³-hybridized carbons (Fsp3) is 0.316. The third-order valence-corrected chi connectivity index (χ3v) is 4.47. The molecular formula is C19H22ClN3O. The van der Waals surface area contributed by atoms with Gasteiger partial charge in [-0.1, -0.05) is 41.9 Å². The highest BCUT2D eigenvalue weighted by Gasteiger charge is 2.21. The number of carbonyl (C=O) groups is 1. The van der Waals surface area contributed by atoms with Crippen LogP contribution in [0.4, 0.5) is 11.4 Å². The first-order chi connectivity index (χ1) is 11.7. The third-order valence-electron chi connectivity index (χ3n) is 4.23. The average molecular weight is 344 g/mol. The van der Waals surface area contributed by atoms with Crippen LogP contribution in [0.1, 0.15) is 18.4 Å². The summed E-state index contributed by atoms with van der Waals surface area (Å²) in [5.74, 6) is 0.0620. The highest BCUT2D eigenvalue weighted by molar-refractivity contribution is 6.31. The first kappa shape index (κ1) is 16.8. The summed E-state index contributed by atoms with van der Waals surface area (Å²) in [7, 11) is 0. The largest absolute Gasteiger partial charge is 0.379 e. The number of hydrogen-bond donors (Lipinski definition) is 3. The molecule has 2 aromatic carbocycles. The monoisotopic (exact) mass is 343 g/mol. The van der Waals surface area contributed by atoms with Crippen LogP contribution in [0, 0.1) is 5.92 Å². The number of rotatable bonds is 5. The molecule has 0 bridgehead atoms. The van der Waals surface area contributed by atoms with E-state index in [1.165, 1.54) is 5.56 Å². The molecule has 0 aliphatic carbocycles. The Bertz CT molecular complexity index is 684. The molecule has 0 radical (unpaired) electrons. The van der Waals surface area contributed by atoms with Gasteiger partial charge in [-0.25, -0.2) is 0 Å². The van der Waals surface area contributed by atoms with Crippen molar-refractivity contribution in [3.05, 3.63) is 59.1 Å². The second-order valence-electron chi connectivity index (χ2n) is 6.06. The summed E-state index contributed by atoms with van der Waals surface area (Å²) in [6.45, 7) is 2.42. The van der Waals surface area contributed by atoms with Crippen molar-refractivity contribution in [3.8, 4) is 0 Å². The molecule has 1 fully saturated rings. The lowest BCUT2D eigenvalue weighted by Crippen LogP contribution is -2.37. The minimum Gasteiger partial charge on any atom is -0.379 e. The molecule has 1 aliphatic heterocycles. The van der Waals surface area contributed by atoms with Gasteiger partial charge in [-0.15, -0.1) is 0 Å². The quantitative estimate of drug-likeness (QED) is 0.772. The maximum atomic E-state index is 12.5. The Morgan fingerprint density at radius 1 is 1.17 bits per heavy atom. The molecule has 5 heteroatoms. The predicted molar refractivity (Wildman–Crippen MR) is 99.4 cm³/mol. The van der Waals surface area contributed by atoms with Gasteiger partial charge in [-0.2, -0.15) is 0 Å². The van der Waals surface area contributed by atoms with Crippen molar-refractivity contribution in [1.29, 1.82) is 0 Å². The standard InChI is InChI=1S/C19H22ClN3O/c20-16-8-9-17(22-12-14-5-2-1-3-6-14)18(11-16)23-19(24)15-7-4-10-21-13-15/h1-3,5-6,8-9,11,15,21-22H,4,7,10,12-13H2,(H,23,24). The van der Waals surface area contributed by atoms with Crippen LogP contribution in [0.5, 0.6) is 0 Å². The van der Waals surface area contributed by atoms with E-state index in [-0.39, 0.29) is 11.8 Å². The summed E-state index contributed by atoms with van der Waals surface area (Å²) < 4.78 is 0. The van der Waals surface area contributed by atoms with Crippen molar-refractivity contribution >= 4 is 28.9 Å². The van der Waals surface area contributed by atoms with E-state index in [1.807, 2.05) is 30.3 Å². The summed E-state index contributed by atoms with van der Waals surface area (Å²) in [5, 5.41) is 10.3. The van der Waals surface area contributed by atoms with Gasteiger partial charge in [0.05, 0.1) is 17.3 Å². The van der Waals surface area contributed by atoms with Crippen LogP contribution in [0.15, 0.2) is 48.5 Å². The van der Waals surface area contributed by atoms with Crippen LogP contribution in [-0.4, -0.2) is 19.0 Å². The molecule has 3 rings (SSSR count). The smallest absolute Gasteiger partial charge is 0.228 e. The van der Waals surface area contributed by atoms with Gasteiger partial charge in [0.25, 0.3) is 0 Å². The van der Waals surface area contributed by atoms with E-state index in [0.717, 1.165) is 37.3 Å². The lowest BCUT2D eigenvalue weighted by atomic mass is 9.99. The number of hydrogen-bond acceptors (Lipinski definition) is 3. The Morgan fingerprint density at radius 2 is 2.00 bits per heavy atom. The number of halogens is 1. The number of piperidine rings is 1. The molecule has 1 unspecified atom stereocenters. The molecule has 1 atom stereocenters. The zero-order chi connectivity index (χ0) is 16.8. The molecule has 4 nitrogen and oxygen atoms in total. The van der Waals surface area contributed by atoms with E-state index in [0.29, 0.717) is 11.6 Å². The second-order valence-corrected chi connectivity index (χ2v) is 6.50. The molecular weight excluding hydrogens is 322 g/mol. The topological polar surface area (TPSA) is 53.2 Å². The van der Waals surface area contributed by atoms with Gasteiger partial charge in [-0.05, 0) is 43.1 Å². The minimum absolute atomic E-state index is 0.0136. The second kappa shape index (κ2) is 8.18. The first-order valence-electron chi connectivity index (χ1n) is 8.31. The van der Waals surface area contributed by atoms with Crippen LogP contribution in [-0.2, 0) is 11.3 Å². The average Bonchev–Trinajstić information content (AvgIpc) is 2.62. The van der Waals surface area contributed by atoms with Crippen molar-refractivity contribution < 1.29 is 4.79 Å². The maximum absolute atomic E-state index is 12.5. The van der Waals surface area contributed by atoms with Gasteiger partial charge in [0, 0.05) is 18.1 Å². The Hall–Kier alpha value is -2.04. The third kappa shape index (κ3) is 4.49. The van der Waals surface area contributed by atoms with E-state index >= 15 is 0 Å². The van der Waals surface area contributed by atoms with Crippen molar-refractivity contribution in [2.45, 2.75) is 19.4 Å². The van der Waals surface area contributed by atoms with Crippen molar-refractivity contribution in [3.63, 3.8) is 0 Å². The van der Waals surface area contributed by atoms with E-state index in [9.17, 15) is 4.79 Å². The molecule has 0 aromatic heterocycles. The number of carbonyl (C=O) groups excluding carboxylic acids is 1. The summed E-state index contributed by atoms with van der Waals surface area (Å²) in [6, 6.07) is 15.7. The fourth-order valence-electron chi connectivity index (χ4n) is 2.88. The Balaban J connectivity index is 1.69. The van der Waals surface area contributed by atoms with Crippen LogP contribution < -0.4 is 16.0 Å². The van der Waals surface area contributed by atoms with Gasteiger partial charge in [0.1, 0.15) is 0 Å². The molecule has 3 N–H and O–H groups in total. The van der Waals surface area contributed by atoms with Crippen LogP contribution in [0.25, 0.3) is 0 Å². The van der Waals surface area contributed by atoms with Gasteiger partial charge >= 0.3 is 0 Å². The van der Waals surface area contributed by atoms with Crippen LogP contribution >= 0.6 is 11.6 Å². The molecule has 1 saturated heterocycles. The van der Waals surface area contributed by atoms with Crippen molar-refractivity contribution in [2.75, 3.05) is 23.7 Å². The SMILES string of the molecule is O=C(Nc1cc(Cl)ccc1NCc1ccccc1)C1CCCNC1. The highest BCUT2D eigenvalue weighted by Crippen LogP contribution is 2.27. The Kier molecular flexibility index (Phi) is 5.72. The van der Waals surface area contributed by atoms with E-state index in [4.69, 9.17) is 11.6 Å². The van der Waals surface area contributed by atoms with Gasteiger partial charge < -0.3 is 16.0 Å². The molecule has 0 saturated carbocycles. The first-order valence-corrected chi connectivity index (χ1v) is 8.69. The lowest BCUT2D eigenvalue weighted by molar-refractivity contribution is -0.120. The van der Waals surface area contributed by atoms with Crippen molar-refractivity contribution in [2.24, 2.45) is 5.92 Å². The predicted octanol–water partition coefficient (Wildman–Crippen LogP) is 3.89. The highest BCUT2D eigenvalue weighted by atomic mass is 35.5. The van der Waals surface area contributed by atoms with Gasteiger partial charge in [-0.3, -0.25) is 4.79 Å². The molecule has 126 valence electrons. The normalized spacial score (nSPS) is 17.3. The molecule has 2 aromatic rings. The molecule has 1 amide bonds. The Labute approximate surface area is 147 Å². The molecule has 24 heavy (non-hydrogen) atoms. The summed E-state index contributed by atoms with van der Waals surface area (Å²) in [5.41, 5.74) is 2.79. The van der Waals surface area contributed by atoms with E-state index < -0.39 is 0 Å². The Morgan fingerprint density at radius 3 is 2.75 bits per heavy atom. The number of anilines is 2. The summed E-state index contributed by atoms with van der Waals surface area (Å²) in [6.07, 6.45) is 1.96.